The van der Waals surface area contributed by atoms with E-state index < -0.39 is 4.92 Å². The highest BCUT2D eigenvalue weighted by Gasteiger charge is 2.23. The normalized spacial score (nSPS) is 22.6. The van der Waals surface area contributed by atoms with Crippen molar-refractivity contribution >= 4 is 11.4 Å². The van der Waals surface area contributed by atoms with Crippen molar-refractivity contribution in [3.8, 4) is 0 Å². The Morgan fingerprint density at radius 2 is 2.20 bits per heavy atom. The lowest BCUT2D eigenvalue weighted by Crippen LogP contribution is -2.35. The fourth-order valence-corrected chi connectivity index (χ4v) is 3.06. The Bertz CT molecular complexity index is 490. The highest BCUT2D eigenvalue weighted by atomic mass is 16.6. The molecular weight excluding hydrogens is 256 g/mol. The molecule has 1 aliphatic carbocycles. The summed E-state index contributed by atoms with van der Waals surface area (Å²) in [7, 11) is 2.03. The maximum absolute atomic E-state index is 10.9. The van der Waals surface area contributed by atoms with Crippen molar-refractivity contribution in [3.05, 3.63) is 33.9 Å². The molecule has 0 saturated heterocycles. The van der Waals surface area contributed by atoms with Gasteiger partial charge in [-0.2, -0.15) is 0 Å². The number of rotatable bonds is 4. The Kier molecular flexibility index (Phi) is 4.60. The second kappa shape index (κ2) is 6.22. The lowest BCUT2D eigenvalue weighted by molar-refractivity contribution is -0.385. The Morgan fingerprint density at radius 3 is 2.80 bits per heavy atom. The second-order valence-electron chi connectivity index (χ2n) is 5.76. The Morgan fingerprint density at radius 1 is 1.45 bits per heavy atom. The smallest absolute Gasteiger partial charge is 0.275 e. The molecule has 0 amide bonds. The Labute approximate surface area is 119 Å². The molecule has 0 radical (unpaired) electrons. The maximum atomic E-state index is 10.9. The fraction of sp³-hybridized carbons (Fsp3) is 0.600. The minimum Gasteiger partial charge on any atom is -0.391 e. The van der Waals surface area contributed by atoms with E-state index in [1.54, 1.807) is 12.1 Å². The van der Waals surface area contributed by atoms with Gasteiger partial charge in [-0.1, -0.05) is 19.8 Å². The summed E-state index contributed by atoms with van der Waals surface area (Å²) in [4.78, 5) is 12.6. The van der Waals surface area contributed by atoms with Gasteiger partial charge in [0, 0.05) is 24.8 Å². The number of anilines is 1. The number of nitrogens with zero attached hydrogens (tertiary/aromatic N) is 2. The average Bonchev–Trinajstić information content (AvgIpc) is 2.45. The third-order valence-electron chi connectivity index (χ3n) is 4.29. The van der Waals surface area contributed by atoms with Crippen LogP contribution in [0.3, 0.4) is 0 Å². The van der Waals surface area contributed by atoms with E-state index in [0.29, 0.717) is 11.6 Å². The van der Waals surface area contributed by atoms with Crippen LogP contribution in [-0.4, -0.2) is 23.1 Å². The third kappa shape index (κ3) is 3.10. The number of aliphatic hydroxyl groups is 1. The fourth-order valence-electron chi connectivity index (χ4n) is 3.06. The van der Waals surface area contributed by atoms with E-state index >= 15 is 0 Å². The van der Waals surface area contributed by atoms with Gasteiger partial charge in [-0.3, -0.25) is 10.1 Å². The van der Waals surface area contributed by atoms with Gasteiger partial charge in [-0.25, -0.2) is 0 Å². The second-order valence-corrected chi connectivity index (χ2v) is 5.76. The van der Waals surface area contributed by atoms with E-state index in [-0.39, 0.29) is 12.3 Å². The third-order valence-corrected chi connectivity index (χ3v) is 4.29. The lowest BCUT2D eigenvalue weighted by Gasteiger charge is -2.35. The van der Waals surface area contributed by atoms with Gasteiger partial charge in [0.1, 0.15) is 0 Å². The van der Waals surface area contributed by atoms with Crippen LogP contribution in [0.15, 0.2) is 18.2 Å². The van der Waals surface area contributed by atoms with Crippen molar-refractivity contribution in [3.63, 3.8) is 0 Å². The number of aliphatic hydroxyl groups excluding tert-OH is 1. The molecule has 0 spiro atoms. The van der Waals surface area contributed by atoms with Crippen molar-refractivity contribution in [1.29, 1.82) is 0 Å². The van der Waals surface area contributed by atoms with Crippen LogP contribution in [0.1, 0.15) is 38.2 Å². The minimum absolute atomic E-state index is 0.0123. The summed E-state index contributed by atoms with van der Waals surface area (Å²) in [5.74, 6) is 0.728. The molecule has 1 saturated carbocycles. The molecule has 0 aromatic heterocycles. The Hall–Kier alpha value is -1.62. The zero-order chi connectivity index (χ0) is 14.7. The first-order chi connectivity index (χ1) is 9.52. The van der Waals surface area contributed by atoms with Crippen LogP contribution in [0.5, 0.6) is 0 Å². The van der Waals surface area contributed by atoms with Gasteiger partial charge < -0.3 is 10.0 Å². The van der Waals surface area contributed by atoms with E-state index in [4.69, 9.17) is 0 Å². The molecule has 5 heteroatoms. The summed E-state index contributed by atoms with van der Waals surface area (Å²) in [5, 5.41) is 20.2. The molecule has 0 bridgehead atoms. The highest BCUT2D eigenvalue weighted by molar-refractivity contribution is 5.55. The summed E-state index contributed by atoms with van der Waals surface area (Å²) < 4.78 is 0. The van der Waals surface area contributed by atoms with Gasteiger partial charge in [0.05, 0.1) is 17.1 Å². The summed E-state index contributed by atoms with van der Waals surface area (Å²) in [5.41, 5.74) is 1.31. The van der Waals surface area contributed by atoms with Crippen LogP contribution in [-0.2, 0) is 6.61 Å². The summed E-state index contributed by atoms with van der Waals surface area (Å²) in [6.07, 6.45) is 4.83. The molecule has 2 unspecified atom stereocenters. The van der Waals surface area contributed by atoms with Gasteiger partial charge in [0.15, 0.2) is 0 Å². The average molecular weight is 278 g/mol. The number of nitro groups is 1. The van der Waals surface area contributed by atoms with Crippen LogP contribution in [0.25, 0.3) is 0 Å². The molecule has 2 rings (SSSR count). The Balaban J connectivity index is 2.21. The molecule has 5 nitrogen and oxygen atoms in total. The number of benzene rings is 1. The van der Waals surface area contributed by atoms with Crippen LogP contribution < -0.4 is 4.90 Å². The van der Waals surface area contributed by atoms with Crippen LogP contribution in [0.2, 0.25) is 0 Å². The highest BCUT2D eigenvalue weighted by Crippen LogP contribution is 2.31. The first-order valence-electron chi connectivity index (χ1n) is 7.14. The molecule has 1 aromatic carbocycles. The maximum Gasteiger partial charge on any atom is 0.275 e. The predicted octanol–water partition coefficient (Wildman–Crippen LogP) is 3.10. The molecule has 1 aromatic rings. The van der Waals surface area contributed by atoms with Gasteiger partial charge in [0.2, 0.25) is 0 Å². The van der Waals surface area contributed by atoms with E-state index in [2.05, 4.69) is 11.8 Å². The van der Waals surface area contributed by atoms with Gasteiger partial charge in [0.25, 0.3) is 5.69 Å². The van der Waals surface area contributed by atoms with E-state index in [1.807, 2.05) is 7.05 Å². The largest absolute Gasteiger partial charge is 0.391 e. The first-order valence-corrected chi connectivity index (χ1v) is 7.14. The monoisotopic (exact) mass is 278 g/mol. The van der Waals surface area contributed by atoms with Crippen molar-refractivity contribution in [2.45, 2.75) is 45.3 Å². The molecule has 0 aliphatic heterocycles. The molecule has 1 N–H and O–H groups in total. The predicted molar refractivity (Wildman–Crippen MR) is 78.8 cm³/mol. The lowest BCUT2D eigenvalue weighted by atomic mass is 9.86. The van der Waals surface area contributed by atoms with E-state index in [0.717, 1.165) is 24.4 Å². The standard InChI is InChI=1S/C15H22N2O3/c1-11-4-3-5-13(8-11)16(2)14-6-7-15(17(19)20)12(9-14)10-18/h6-7,9,11,13,18H,3-5,8,10H2,1-2H3. The van der Waals surface area contributed by atoms with E-state index in [9.17, 15) is 15.2 Å². The quantitative estimate of drug-likeness (QED) is 0.679. The van der Waals surface area contributed by atoms with Crippen molar-refractivity contribution in [1.82, 2.24) is 0 Å². The molecule has 20 heavy (non-hydrogen) atoms. The molecular formula is C15H22N2O3. The van der Waals surface area contributed by atoms with Crippen LogP contribution >= 0.6 is 0 Å². The minimum atomic E-state index is -0.446. The zero-order valence-electron chi connectivity index (χ0n) is 12.1. The summed E-state index contributed by atoms with van der Waals surface area (Å²) in [6.45, 7) is 1.97. The zero-order valence-corrected chi connectivity index (χ0v) is 12.1. The van der Waals surface area contributed by atoms with Crippen molar-refractivity contribution < 1.29 is 10.0 Å². The SMILES string of the molecule is CC1CCCC(N(C)c2ccc([N+](=O)[O-])c(CO)c2)C1. The van der Waals surface area contributed by atoms with Gasteiger partial charge >= 0.3 is 0 Å². The molecule has 110 valence electrons. The van der Waals surface area contributed by atoms with Crippen molar-refractivity contribution in [2.75, 3.05) is 11.9 Å². The van der Waals surface area contributed by atoms with Gasteiger partial charge in [-0.15, -0.1) is 0 Å². The number of hydrogen-bond donors (Lipinski definition) is 1. The molecule has 2 atom stereocenters. The first kappa shape index (κ1) is 14.8. The van der Waals surface area contributed by atoms with E-state index in [1.165, 1.54) is 18.9 Å². The molecule has 1 aliphatic rings. The molecule has 0 heterocycles. The number of hydrogen-bond acceptors (Lipinski definition) is 4. The summed E-state index contributed by atoms with van der Waals surface area (Å²) >= 11 is 0. The molecule has 1 fully saturated rings. The van der Waals surface area contributed by atoms with Crippen LogP contribution in [0.4, 0.5) is 11.4 Å². The van der Waals surface area contributed by atoms with Crippen LogP contribution in [0, 0.1) is 16.0 Å². The summed E-state index contributed by atoms with van der Waals surface area (Å²) in [6, 6.07) is 5.48. The van der Waals surface area contributed by atoms with Crippen molar-refractivity contribution in [2.24, 2.45) is 5.92 Å². The van der Waals surface area contributed by atoms with Gasteiger partial charge in [-0.05, 0) is 30.9 Å². The number of nitro benzene ring substituents is 1. The topological polar surface area (TPSA) is 66.6 Å².